The first-order valence-corrected chi connectivity index (χ1v) is 21.7. The van der Waals surface area contributed by atoms with Gasteiger partial charge in [0.15, 0.2) is 6.29 Å². The molecule has 3 aromatic rings. The van der Waals surface area contributed by atoms with E-state index in [0.717, 1.165) is 45.3 Å². The largest absolute Gasteiger partial charge is 0.353 e. The van der Waals surface area contributed by atoms with Gasteiger partial charge in [-0.05, 0) is 87.8 Å². The molecular weight excluding hydrogens is 603 g/mol. The van der Waals surface area contributed by atoms with Crippen molar-refractivity contribution in [1.29, 1.82) is 0 Å². The monoisotopic (exact) mass is 671 g/mol. The second kappa shape index (κ2) is 26.6. The van der Waals surface area contributed by atoms with Crippen molar-refractivity contribution < 1.29 is 9.47 Å². The molecule has 0 saturated carbocycles. The van der Waals surface area contributed by atoms with Crippen LogP contribution in [0.5, 0.6) is 0 Å². The van der Waals surface area contributed by atoms with E-state index in [1.807, 2.05) is 0 Å². The minimum absolute atomic E-state index is 0.0192. The van der Waals surface area contributed by atoms with E-state index in [2.05, 4.69) is 117 Å². The smallest absolute Gasteiger partial charge is 0.157 e. The predicted octanol–water partition coefficient (Wildman–Crippen LogP) is 12.3. The van der Waals surface area contributed by atoms with Crippen LogP contribution in [0.3, 0.4) is 0 Å². The van der Waals surface area contributed by atoms with Gasteiger partial charge in [0.2, 0.25) is 0 Å². The summed E-state index contributed by atoms with van der Waals surface area (Å²) in [5.41, 5.74) is 0. The minimum atomic E-state index is -1.73. The molecule has 2 nitrogen and oxygen atoms in total. The maximum Gasteiger partial charge on any atom is 0.157 e. The molecule has 0 saturated heterocycles. The van der Waals surface area contributed by atoms with Crippen molar-refractivity contribution >= 4 is 23.2 Å². The molecule has 0 aromatic heterocycles. The summed E-state index contributed by atoms with van der Waals surface area (Å²) in [4.78, 5) is 0. The van der Waals surface area contributed by atoms with E-state index in [4.69, 9.17) is 9.47 Å². The van der Waals surface area contributed by atoms with E-state index in [1.165, 1.54) is 112 Å². The molecule has 0 aliphatic rings. The van der Waals surface area contributed by atoms with Crippen molar-refractivity contribution in [2.45, 2.75) is 142 Å². The quantitative estimate of drug-likeness (QED) is 0.0316. The molecular formula is C45H68O2P+. The van der Waals surface area contributed by atoms with Gasteiger partial charge in [-0.1, -0.05) is 151 Å². The first-order chi connectivity index (χ1) is 23.8. The molecule has 0 amide bonds. The molecule has 0 unspecified atom stereocenters. The standard InChI is InChI=1S/C45H68O2P/c1-3-5-7-9-16-29-39-46-45(47-40-30-17-10-8-6-4-2)38-28-15-13-11-12-14-18-31-41-48(42-32-22-19-23-33-42,43-34-24-20-25-35-43)44-36-26-21-27-37-44/h12,14,19-27,32-37,45H,3-11,13,15-18,28-31,38-41H2,1-2H3/q+1/b14-12-. The molecule has 48 heavy (non-hydrogen) atoms. The van der Waals surface area contributed by atoms with Crippen molar-refractivity contribution in [3.63, 3.8) is 0 Å². The lowest BCUT2D eigenvalue weighted by atomic mass is 10.1. The summed E-state index contributed by atoms with van der Waals surface area (Å²) >= 11 is 0. The van der Waals surface area contributed by atoms with E-state index in [-0.39, 0.29) is 6.29 Å². The number of hydrogen-bond acceptors (Lipinski definition) is 2. The molecule has 0 fully saturated rings. The van der Waals surface area contributed by atoms with E-state index < -0.39 is 7.26 Å². The summed E-state index contributed by atoms with van der Waals surface area (Å²) < 4.78 is 12.5. The van der Waals surface area contributed by atoms with Crippen LogP contribution in [-0.2, 0) is 9.47 Å². The maximum atomic E-state index is 6.26. The third kappa shape index (κ3) is 15.5. The highest BCUT2D eigenvalue weighted by molar-refractivity contribution is 7.95. The van der Waals surface area contributed by atoms with Crippen LogP contribution in [0.25, 0.3) is 0 Å². The van der Waals surface area contributed by atoms with Crippen LogP contribution in [-0.4, -0.2) is 25.7 Å². The van der Waals surface area contributed by atoms with E-state index in [1.54, 1.807) is 0 Å². The van der Waals surface area contributed by atoms with Crippen molar-refractivity contribution in [2.24, 2.45) is 0 Å². The summed E-state index contributed by atoms with van der Waals surface area (Å²) in [6.07, 6.45) is 29.8. The topological polar surface area (TPSA) is 18.5 Å². The Balaban J connectivity index is 1.41. The van der Waals surface area contributed by atoms with Crippen LogP contribution in [0, 0.1) is 0 Å². The van der Waals surface area contributed by atoms with Crippen LogP contribution in [0.4, 0.5) is 0 Å². The third-order valence-corrected chi connectivity index (χ3v) is 14.1. The van der Waals surface area contributed by atoms with Gasteiger partial charge in [-0.25, -0.2) is 0 Å². The van der Waals surface area contributed by atoms with Gasteiger partial charge in [-0.3, -0.25) is 0 Å². The van der Waals surface area contributed by atoms with Crippen molar-refractivity contribution in [3.8, 4) is 0 Å². The fourth-order valence-electron chi connectivity index (χ4n) is 6.72. The number of allylic oxidation sites excluding steroid dienone is 2. The van der Waals surface area contributed by atoms with E-state index in [9.17, 15) is 0 Å². The fourth-order valence-corrected chi connectivity index (χ4v) is 11.1. The number of benzene rings is 3. The van der Waals surface area contributed by atoms with Gasteiger partial charge in [-0.15, -0.1) is 0 Å². The molecule has 0 N–H and O–H groups in total. The van der Waals surface area contributed by atoms with E-state index >= 15 is 0 Å². The minimum Gasteiger partial charge on any atom is -0.353 e. The average molecular weight is 672 g/mol. The Bertz CT molecular complexity index is 1050. The van der Waals surface area contributed by atoms with Gasteiger partial charge in [-0.2, -0.15) is 0 Å². The molecule has 0 aliphatic heterocycles. The Morgan fingerprint density at radius 2 is 0.854 bits per heavy atom. The van der Waals surface area contributed by atoms with Crippen molar-refractivity contribution in [3.05, 3.63) is 103 Å². The Morgan fingerprint density at radius 1 is 0.458 bits per heavy atom. The van der Waals surface area contributed by atoms with Crippen LogP contribution < -0.4 is 15.9 Å². The molecule has 3 heteroatoms. The van der Waals surface area contributed by atoms with Crippen LogP contribution in [0.2, 0.25) is 0 Å². The Hall–Kier alpha value is -2.25. The molecule has 264 valence electrons. The maximum absolute atomic E-state index is 6.26. The Morgan fingerprint density at radius 3 is 1.31 bits per heavy atom. The van der Waals surface area contributed by atoms with Gasteiger partial charge in [0.25, 0.3) is 0 Å². The number of rotatable bonds is 29. The second-order valence-electron chi connectivity index (χ2n) is 13.5. The zero-order chi connectivity index (χ0) is 33.8. The summed E-state index contributed by atoms with van der Waals surface area (Å²) in [6, 6.07) is 33.8. The molecule has 3 rings (SSSR count). The lowest BCUT2D eigenvalue weighted by molar-refractivity contribution is -0.148. The second-order valence-corrected chi connectivity index (χ2v) is 17.1. The number of ether oxygens (including phenoxy) is 2. The molecule has 0 atom stereocenters. The highest BCUT2D eigenvalue weighted by Crippen LogP contribution is 2.55. The highest BCUT2D eigenvalue weighted by Gasteiger charge is 2.44. The zero-order valence-corrected chi connectivity index (χ0v) is 31.6. The number of hydrogen-bond donors (Lipinski definition) is 0. The van der Waals surface area contributed by atoms with Crippen molar-refractivity contribution in [2.75, 3.05) is 19.4 Å². The van der Waals surface area contributed by atoms with Crippen molar-refractivity contribution in [1.82, 2.24) is 0 Å². The fraction of sp³-hybridized carbons (Fsp3) is 0.556. The molecule has 0 radical (unpaired) electrons. The summed E-state index contributed by atoms with van der Waals surface area (Å²) in [5, 5.41) is 4.45. The summed E-state index contributed by atoms with van der Waals surface area (Å²) in [5.74, 6) is 0. The lowest BCUT2D eigenvalue weighted by Gasteiger charge is -2.27. The summed E-state index contributed by atoms with van der Waals surface area (Å²) in [6.45, 7) is 6.25. The van der Waals surface area contributed by atoms with Gasteiger partial charge in [0.05, 0.1) is 6.16 Å². The SMILES string of the molecule is CCCCCCCCOC(CCCCC/C=C\CCC[P+](c1ccccc1)(c1ccccc1)c1ccccc1)OCCCCCCCC. The Kier molecular flexibility index (Phi) is 22.3. The summed E-state index contributed by atoms with van der Waals surface area (Å²) in [7, 11) is -1.73. The van der Waals surface area contributed by atoms with Gasteiger partial charge >= 0.3 is 0 Å². The van der Waals surface area contributed by atoms with Gasteiger partial charge in [0.1, 0.15) is 23.2 Å². The van der Waals surface area contributed by atoms with Gasteiger partial charge in [0, 0.05) is 13.2 Å². The molecule has 0 bridgehead atoms. The highest BCUT2D eigenvalue weighted by atomic mass is 31.2. The lowest BCUT2D eigenvalue weighted by Crippen LogP contribution is -2.33. The molecule has 0 heterocycles. The molecule has 3 aromatic carbocycles. The normalized spacial score (nSPS) is 12.0. The predicted molar refractivity (Wildman–Crippen MR) is 214 cm³/mol. The van der Waals surface area contributed by atoms with Crippen LogP contribution in [0.1, 0.15) is 136 Å². The molecule has 0 aliphatic carbocycles. The average Bonchev–Trinajstić information content (AvgIpc) is 3.14. The molecule has 0 spiro atoms. The van der Waals surface area contributed by atoms with Crippen LogP contribution in [0.15, 0.2) is 103 Å². The van der Waals surface area contributed by atoms with Crippen LogP contribution >= 0.6 is 7.26 Å². The Labute approximate surface area is 296 Å². The first kappa shape index (κ1) is 40.2. The number of unbranched alkanes of at least 4 members (excludes halogenated alkanes) is 14. The van der Waals surface area contributed by atoms with Gasteiger partial charge < -0.3 is 9.47 Å². The first-order valence-electron chi connectivity index (χ1n) is 19.7. The van der Waals surface area contributed by atoms with E-state index in [0.29, 0.717) is 0 Å². The third-order valence-electron chi connectivity index (χ3n) is 9.54. The zero-order valence-electron chi connectivity index (χ0n) is 30.7.